The van der Waals surface area contributed by atoms with Crippen molar-refractivity contribution in [2.24, 2.45) is 0 Å². The Labute approximate surface area is 89.0 Å². The maximum absolute atomic E-state index is 11.1. The van der Waals surface area contributed by atoms with Gasteiger partial charge in [0.1, 0.15) is 5.78 Å². The normalized spacial score (nSPS) is 21.6. The van der Waals surface area contributed by atoms with E-state index in [0.717, 1.165) is 5.56 Å². The predicted molar refractivity (Wildman–Crippen MR) is 55.2 cm³/mol. The lowest BCUT2D eigenvalue weighted by Gasteiger charge is -2.21. The maximum Gasteiger partial charge on any atom is 0.164 e. The second-order valence-electron chi connectivity index (χ2n) is 3.59. The van der Waals surface area contributed by atoms with E-state index in [1.165, 1.54) is 0 Å². The van der Waals surface area contributed by atoms with Crippen molar-refractivity contribution in [1.82, 2.24) is 0 Å². The van der Waals surface area contributed by atoms with Crippen molar-refractivity contribution < 1.29 is 14.3 Å². The quantitative estimate of drug-likeness (QED) is 0.757. The highest BCUT2D eigenvalue weighted by molar-refractivity contribution is 5.79. The summed E-state index contributed by atoms with van der Waals surface area (Å²) in [6, 6.07) is 9.87. The number of hydrogen-bond donors (Lipinski definition) is 0. The van der Waals surface area contributed by atoms with E-state index in [1.54, 1.807) is 0 Å². The van der Waals surface area contributed by atoms with Crippen LogP contribution in [0.3, 0.4) is 0 Å². The minimum absolute atomic E-state index is 0.222. The van der Waals surface area contributed by atoms with E-state index in [2.05, 4.69) is 0 Å². The topological polar surface area (TPSA) is 35.5 Å². The molecule has 1 saturated heterocycles. The van der Waals surface area contributed by atoms with Gasteiger partial charge in [0.2, 0.25) is 0 Å². The Bertz CT molecular complexity index is 321. The number of carbonyl (C=O) groups excluding carboxylic acids is 1. The van der Waals surface area contributed by atoms with Crippen LogP contribution < -0.4 is 0 Å². The molecule has 0 aromatic heterocycles. The number of rotatable bonds is 3. The lowest BCUT2D eigenvalue weighted by Crippen LogP contribution is -2.27. The van der Waals surface area contributed by atoms with E-state index in [4.69, 9.17) is 9.47 Å². The second kappa shape index (κ2) is 5.05. The van der Waals surface area contributed by atoms with E-state index in [0.29, 0.717) is 26.1 Å². The Kier molecular flexibility index (Phi) is 3.48. The molecular weight excluding hydrogens is 192 g/mol. The third kappa shape index (κ3) is 3.15. The first kappa shape index (κ1) is 10.3. The average Bonchev–Trinajstić information content (AvgIpc) is 2.28. The Balaban J connectivity index is 1.80. The summed E-state index contributed by atoms with van der Waals surface area (Å²) in [4.78, 5) is 11.1. The molecule has 1 aliphatic heterocycles. The Hall–Kier alpha value is -1.19. The minimum atomic E-state index is -0.355. The number of carbonyl (C=O) groups is 1. The average molecular weight is 206 g/mol. The fraction of sp³-hybridized carbons (Fsp3) is 0.417. The summed E-state index contributed by atoms with van der Waals surface area (Å²) >= 11 is 0. The summed E-state index contributed by atoms with van der Waals surface area (Å²) in [7, 11) is 0. The zero-order valence-corrected chi connectivity index (χ0v) is 8.52. The van der Waals surface area contributed by atoms with Gasteiger partial charge in [0.05, 0.1) is 19.6 Å². The molecule has 1 fully saturated rings. The van der Waals surface area contributed by atoms with Crippen molar-refractivity contribution in [2.45, 2.75) is 25.7 Å². The molecule has 15 heavy (non-hydrogen) atoms. The SMILES string of the molecule is O=C1CCOC(OCc2ccccc2)C1. The molecule has 0 aliphatic carbocycles. The lowest BCUT2D eigenvalue weighted by molar-refractivity contribution is -0.175. The van der Waals surface area contributed by atoms with Gasteiger partial charge in [0.25, 0.3) is 0 Å². The molecule has 1 aliphatic rings. The zero-order valence-electron chi connectivity index (χ0n) is 8.52. The first-order chi connectivity index (χ1) is 7.34. The zero-order chi connectivity index (χ0) is 10.5. The molecule has 3 nitrogen and oxygen atoms in total. The van der Waals surface area contributed by atoms with Gasteiger partial charge >= 0.3 is 0 Å². The first-order valence-electron chi connectivity index (χ1n) is 5.13. The third-order valence-corrected chi connectivity index (χ3v) is 2.36. The Morgan fingerprint density at radius 1 is 1.33 bits per heavy atom. The molecule has 0 saturated carbocycles. The van der Waals surface area contributed by atoms with Gasteiger partial charge < -0.3 is 9.47 Å². The number of Topliss-reactive ketones (excluding diaryl/α,β-unsaturated/α-hetero) is 1. The van der Waals surface area contributed by atoms with Crippen molar-refractivity contribution >= 4 is 5.78 Å². The van der Waals surface area contributed by atoms with Crippen LogP contribution in [0.4, 0.5) is 0 Å². The molecule has 3 heteroatoms. The number of ether oxygens (including phenoxy) is 2. The molecule has 0 N–H and O–H groups in total. The highest BCUT2D eigenvalue weighted by Gasteiger charge is 2.20. The number of ketones is 1. The standard InChI is InChI=1S/C12H14O3/c13-11-6-7-14-12(8-11)15-9-10-4-2-1-3-5-10/h1-5,12H,6-9H2. The van der Waals surface area contributed by atoms with Crippen LogP contribution in [0, 0.1) is 0 Å². The van der Waals surface area contributed by atoms with Gasteiger partial charge in [-0.1, -0.05) is 30.3 Å². The van der Waals surface area contributed by atoms with Crippen LogP contribution in [0.1, 0.15) is 18.4 Å². The monoisotopic (exact) mass is 206 g/mol. The number of hydrogen-bond acceptors (Lipinski definition) is 3. The molecule has 2 rings (SSSR count). The molecule has 0 radical (unpaired) electrons. The number of benzene rings is 1. The van der Waals surface area contributed by atoms with Crippen molar-refractivity contribution in [3.63, 3.8) is 0 Å². The van der Waals surface area contributed by atoms with Gasteiger partial charge in [-0.05, 0) is 5.56 Å². The van der Waals surface area contributed by atoms with Crippen molar-refractivity contribution in [3.05, 3.63) is 35.9 Å². The first-order valence-corrected chi connectivity index (χ1v) is 5.13. The molecule has 0 bridgehead atoms. The summed E-state index contributed by atoms with van der Waals surface area (Å²) in [6.07, 6.45) is 0.546. The van der Waals surface area contributed by atoms with Crippen LogP contribution >= 0.6 is 0 Å². The molecule has 0 spiro atoms. The fourth-order valence-corrected chi connectivity index (χ4v) is 1.52. The summed E-state index contributed by atoms with van der Waals surface area (Å²) in [5, 5.41) is 0. The maximum atomic E-state index is 11.1. The lowest BCUT2D eigenvalue weighted by atomic mass is 10.2. The second-order valence-corrected chi connectivity index (χ2v) is 3.59. The van der Waals surface area contributed by atoms with Crippen LogP contribution in [0.2, 0.25) is 0 Å². The fourth-order valence-electron chi connectivity index (χ4n) is 1.52. The Morgan fingerprint density at radius 3 is 2.87 bits per heavy atom. The summed E-state index contributed by atoms with van der Waals surface area (Å²) in [6.45, 7) is 0.983. The van der Waals surface area contributed by atoms with Gasteiger partial charge in [-0.25, -0.2) is 0 Å². The van der Waals surface area contributed by atoms with Gasteiger partial charge in [-0.3, -0.25) is 4.79 Å². The van der Waals surface area contributed by atoms with E-state index >= 15 is 0 Å². The molecule has 1 unspecified atom stereocenters. The molecule has 80 valence electrons. The Morgan fingerprint density at radius 2 is 2.13 bits per heavy atom. The van der Waals surface area contributed by atoms with E-state index in [-0.39, 0.29) is 12.1 Å². The smallest absolute Gasteiger partial charge is 0.164 e. The van der Waals surface area contributed by atoms with Gasteiger partial charge in [0.15, 0.2) is 6.29 Å². The molecular formula is C12H14O3. The van der Waals surface area contributed by atoms with Crippen LogP contribution in [0.5, 0.6) is 0 Å². The van der Waals surface area contributed by atoms with Crippen molar-refractivity contribution in [2.75, 3.05) is 6.61 Å². The molecule has 1 aromatic rings. The highest BCUT2D eigenvalue weighted by Crippen LogP contribution is 2.13. The van der Waals surface area contributed by atoms with Crippen molar-refractivity contribution in [1.29, 1.82) is 0 Å². The highest BCUT2D eigenvalue weighted by atomic mass is 16.7. The van der Waals surface area contributed by atoms with E-state index in [1.807, 2.05) is 30.3 Å². The van der Waals surface area contributed by atoms with Gasteiger partial charge in [-0.2, -0.15) is 0 Å². The molecule has 1 heterocycles. The third-order valence-electron chi connectivity index (χ3n) is 2.36. The molecule has 0 amide bonds. The van der Waals surface area contributed by atoms with Crippen LogP contribution in [0.25, 0.3) is 0 Å². The predicted octanol–water partition coefficient (Wildman–Crippen LogP) is 1.91. The van der Waals surface area contributed by atoms with Crippen LogP contribution in [-0.4, -0.2) is 18.7 Å². The van der Waals surface area contributed by atoms with Gasteiger partial charge in [-0.15, -0.1) is 0 Å². The largest absolute Gasteiger partial charge is 0.352 e. The summed E-state index contributed by atoms with van der Waals surface area (Å²) < 4.78 is 10.8. The van der Waals surface area contributed by atoms with Crippen LogP contribution in [-0.2, 0) is 20.9 Å². The van der Waals surface area contributed by atoms with Crippen molar-refractivity contribution in [3.8, 4) is 0 Å². The summed E-state index contributed by atoms with van der Waals surface area (Å²) in [5.74, 6) is 0.222. The molecule has 1 aromatic carbocycles. The van der Waals surface area contributed by atoms with Crippen LogP contribution in [0.15, 0.2) is 30.3 Å². The van der Waals surface area contributed by atoms with E-state index in [9.17, 15) is 4.79 Å². The van der Waals surface area contributed by atoms with Gasteiger partial charge in [0, 0.05) is 6.42 Å². The summed E-state index contributed by atoms with van der Waals surface area (Å²) in [5.41, 5.74) is 1.10. The van der Waals surface area contributed by atoms with E-state index < -0.39 is 0 Å². The minimum Gasteiger partial charge on any atom is -0.352 e. The molecule has 1 atom stereocenters.